The second-order valence-corrected chi connectivity index (χ2v) is 5.73. The molecule has 0 aliphatic heterocycles. The number of halogens is 4. The number of alkyl halides is 3. The molecule has 0 saturated carbocycles. The number of ether oxygens (including phenoxy) is 1. The quantitative estimate of drug-likeness (QED) is 0.657. The van der Waals surface area contributed by atoms with Gasteiger partial charge in [0.15, 0.2) is 0 Å². The van der Waals surface area contributed by atoms with E-state index in [1.807, 2.05) is 6.92 Å². The minimum atomic E-state index is -4.32. The fourth-order valence-corrected chi connectivity index (χ4v) is 2.63. The van der Waals surface area contributed by atoms with Gasteiger partial charge < -0.3 is 10.1 Å². The van der Waals surface area contributed by atoms with Crippen molar-refractivity contribution < 1.29 is 17.9 Å². The standard InChI is InChI=1S/C15H21BrF3NO/c1-3-8-20-14(5-4-9-21-2)12-10-11(15(17,18)19)6-7-13(12)16/h6-7,10,14,20H,3-5,8-9H2,1-2H3. The molecule has 0 aliphatic carbocycles. The minimum absolute atomic E-state index is 0.114. The van der Waals surface area contributed by atoms with Crippen molar-refractivity contribution in [3.8, 4) is 0 Å². The molecule has 0 heterocycles. The summed E-state index contributed by atoms with van der Waals surface area (Å²) in [5.74, 6) is 0. The predicted molar refractivity (Wildman–Crippen MR) is 81.3 cm³/mol. The van der Waals surface area contributed by atoms with Gasteiger partial charge in [0.25, 0.3) is 0 Å². The average Bonchev–Trinajstić information content (AvgIpc) is 2.42. The third kappa shape index (κ3) is 5.96. The highest BCUT2D eigenvalue weighted by Crippen LogP contribution is 2.35. The van der Waals surface area contributed by atoms with E-state index in [1.54, 1.807) is 7.11 Å². The molecule has 0 bridgehead atoms. The van der Waals surface area contributed by atoms with E-state index in [1.165, 1.54) is 12.1 Å². The summed E-state index contributed by atoms with van der Waals surface area (Å²) < 4.78 is 44.3. The third-order valence-corrected chi connectivity index (χ3v) is 3.90. The van der Waals surface area contributed by atoms with Crippen molar-refractivity contribution in [1.29, 1.82) is 0 Å². The Kier molecular flexibility index (Phi) is 7.70. The summed E-state index contributed by atoms with van der Waals surface area (Å²) in [6, 6.07) is 3.68. The number of methoxy groups -OCH3 is 1. The van der Waals surface area contributed by atoms with Crippen LogP contribution >= 0.6 is 15.9 Å². The summed E-state index contributed by atoms with van der Waals surface area (Å²) in [7, 11) is 1.62. The molecule has 0 spiro atoms. The summed E-state index contributed by atoms with van der Waals surface area (Å²) in [6.07, 6.45) is -1.87. The van der Waals surface area contributed by atoms with Gasteiger partial charge in [0.2, 0.25) is 0 Å². The smallest absolute Gasteiger partial charge is 0.385 e. The van der Waals surface area contributed by atoms with Crippen LogP contribution < -0.4 is 5.32 Å². The molecule has 120 valence electrons. The maximum atomic E-state index is 12.9. The van der Waals surface area contributed by atoms with Crippen LogP contribution in [0, 0.1) is 0 Å². The lowest BCUT2D eigenvalue weighted by Crippen LogP contribution is -2.23. The normalized spacial score (nSPS) is 13.4. The van der Waals surface area contributed by atoms with Gasteiger partial charge in [0.1, 0.15) is 0 Å². The molecule has 1 N–H and O–H groups in total. The zero-order valence-electron chi connectivity index (χ0n) is 12.3. The predicted octanol–water partition coefficient (Wildman–Crippen LogP) is 4.94. The summed E-state index contributed by atoms with van der Waals surface area (Å²) in [4.78, 5) is 0. The Balaban J connectivity index is 2.98. The van der Waals surface area contributed by atoms with E-state index in [0.717, 1.165) is 31.9 Å². The van der Waals surface area contributed by atoms with Crippen molar-refractivity contribution in [3.05, 3.63) is 33.8 Å². The Labute approximate surface area is 132 Å². The summed E-state index contributed by atoms with van der Waals surface area (Å²) in [6.45, 7) is 3.39. The van der Waals surface area contributed by atoms with Crippen molar-refractivity contribution >= 4 is 15.9 Å². The Morgan fingerprint density at radius 1 is 1.33 bits per heavy atom. The molecule has 1 aromatic carbocycles. The number of benzene rings is 1. The molecule has 0 saturated heterocycles. The van der Waals surface area contributed by atoms with Crippen LogP contribution in [-0.4, -0.2) is 20.3 Å². The fourth-order valence-electron chi connectivity index (χ4n) is 2.10. The van der Waals surface area contributed by atoms with Crippen molar-refractivity contribution in [1.82, 2.24) is 5.32 Å². The molecular weight excluding hydrogens is 347 g/mol. The van der Waals surface area contributed by atoms with Crippen LogP contribution in [0.2, 0.25) is 0 Å². The van der Waals surface area contributed by atoms with E-state index >= 15 is 0 Å². The molecule has 6 heteroatoms. The van der Waals surface area contributed by atoms with Gasteiger partial charge in [-0.05, 0) is 49.6 Å². The number of hydrogen-bond donors (Lipinski definition) is 1. The maximum absolute atomic E-state index is 12.9. The second-order valence-electron chi connectivity index (χ2n) is 4.88. The van der Waals surface area contributed by atoms with Crippen LogP contribution in [0.4, 0.5) is 13.2 Å². The largest absolute Gasteiger partial charge is 0.416 e. The van der Waals surface area contributed by atoms with Gasteiger partial charge in [-0.1, -0.05) is 22.9 Å². The molecule has 1 atom stereocenters. The highest BCUT2D eigenvalue weighted by molar-refractivity contribution is 9.10. The lowest BCUT2D eigenvalue weighted by Gasteiger charge is -2.21. The van der Waals surface area contributed by atoms with Gasteiger partial charge in [-0.2, -0.15) is 13.2 Å². The Morgan fingerprint density at radius 2 is 2.05 bits per heavy atom. The summed E-state index contributed by atoms with van der Waals surface area (Å²) in [5.41, 5.74) is 0.0325. The van der Waals surface area contributed by atoms with Gasteiger partial charge in [0.05, 0.1) is 5.56 Å². The molecule has 21 heavy (non-hydrogen) atoms. The van der Waals surface area contributed by atoms with Gasteiger partial charge in [0, 0.05) is 24.2 Å². The highest BCUT2D eigenvalue weighted by atomic mass is 79.9. The van der Waals surface area contributed by atoms with E-state index in [-0.39, 0.29) is 6.04 Å². The Hall–Kier alpha value is -0.590. The lowest BCUT2D eigenvalue weighted by molar-refractivity contribution is -0.137. The van der Waals surface area contributed by atoms with Gasteiger partial charge in [-0.3, -0.25) is 0 Å². The molecule has 2 nitrogen and oxygen atoms in total. The number of hydrogen-bond acceptors (Lipinski definition) is 2. The maximum Gasteiger partial charge on any atom is 0.416 e. The first-order valence-electron chi connectivity index (χ1n) is 6.99. The molecule has 0 aliphatic rings. The van der Waals surface area contributed by atoms with Crippen LogP contribution in [0.3, 0.4) is 0 Å². The number of rotatable bonds is 8. The summed E-state index contributed by atoms with van der Waals surface area (Å²) >= 11 is 3.36. The van der Waals surface area contributed by atoms with E-state index in [4.69, 9.17) is 4.74 Å². The van der Waals surface area contributed by atoms with E-state index in [2.05, 4.69) is 21.2 Å². The lowest BCUT2D eigenvalue weighted by atomic mass is 9.99. The fraction of sp³-hybridized carbons (Fsp3) is 0.600. The monoisotopic (exact) mass is 367 g/mol. The molecule has 1 rings (SSSR count). The van der Waals surface area contributed by atoms with Crippen LogP contribution in [0.15, 0.2) is 22.7 Å². The van der Waals surface area contributed by atoms with Gasteiger partial charge >= 0.3 is 6.18 Å². The SMILES string of the molecule is CCCNC(CCCOC)c1cc(C(F)(F)F)ccc1Br. The van der Waals surface area contributed by atoms with Crippen molar-refractivity contribution in [2.24, 2.45) is 0 Å². The van der Waals surface area contributed by atoms with Crippen LogP contribution in [0.1, 0.15) is 43.4 Å². The Morgan fingerprint density at radius 3 is 2.62 bits per heavy atom. The zero-order chi connectivity index (χ0) is 15.9. The molecular formula is C15H21BrF3NO. The molecule has 0 aromatic heterocycles. The number of nitrogens with one attached hydrogen (secondary N) is 1. The third-order valence-electron chi connectivity index (χ3n) is 3.18. The van der Waals surface area contributed by atoms with E-state index in [9.17, 15) is 13.2 Å². The van der Waals surface area contributed by atoms with Crippen molar-refractivity contribution in [2.45, 2.75) is 38.4 Å². The van der Waals surface area contributed by atoms with Gasteiger partial charge in [-0.15, -0.1) is 0 Å². The van der Waals surface area contributed by atoms with E-state index < -0.39 is 11.7 Å². The molecule has 0 amide bonds. The first-order valence-corrected chi connectivity index (χ1v) is 7.78. The van der Waals surface area contributed by atoms with E-state index in [0.29, 0.717) is 16.6 Å². The zero-order valence-corrected chi connectivity index (χ0v) is 13.9. The van der Waals surface area contributed by atoms with Gasteiger partial charge in [-0.25, -0.2) is 0 Å². The minimum Gasteiger partial charge on any atom is -0.385 e. The first kappa shape index (κ1) is 18.5. The molecule has 0 fully saturated rings. The Bertz CT molecular complexity index is 437. The van der Waals surface area contributed by atoms with Crippen molar-refractivity contribution in [2.75, 3.05) is 20.3 Å². The second kappa shape index (κ2) is 8.76. The first-order chi connectivity index (χ1) is 9.90. The summed E-state index contributed by atoms with van der Waals surface area (Å²) in [5, 5.41) is 3.31. The topological polar surface area (TPSA) is 21.3 Å². The highest BCUT2D eigenvalue weighted by Gasteiger charge is 2.31. The van der Waals surface area contributed by atoms with Crippen LogP contribution in [-0.2, 0) is 10.9 Å². The molecule has 1 unspecified atom stereocenters. The van der Waals surface area contributed by atoms with Crippen LogP contribution in [0.25, 0.3) is 0 Å². The van der Waals surface area contributed by atoms with Crippen molar-refractivity contribution in [3.63, 3.8) is 0 Å². The molecule has 1 aromatic rings. The van der Waals surface area contributed by atoms with Crippen LogP contribution in [0.5, 0.6) is 0 Å². The average molecular weight is 368 g/mol. The molecule has 0 radical (unpaired) electrons.